The van der Waals surface area contributed by atoms with Crippen molar-refractivity contribution in [2.75, 3.05) is 12.8 Å². The van der Waals surface area contributed by atoms with Crippen LogP contribution in [0.2, 0.25) is 10.0 Å². The summed E-state index contributed by atoms with van der Waals surface area (Å²) in [5, 5.41) is 3.17. The molecule has 2 aromatic rings. The number of carbonyl (C=O) groups excluding carboxylic acids is 1. The Bertz CT molecular complexity index is 567. The summed E-state index contributed by atoms with van der Waals surface area (Å²) < 4.78 is 0. The van der Waals surface area contributed by atoms with E-state index in [1.165, 1.54) is 16.6 Å². The first-order valence-corrected chi connectivity index (χ1v) is 8.53. The fourth-order valence-corrected chi connectivity index (χ4v) is 3.97. The minimum absolute atomic E-state index is 0.0550. The quantitative estimate of drug-likeness (QED) is 0.725. The summed E-state index contributed by atoms with van der Waals surface area (Å²) in [6.45, 7) is 0.632. The van der Waals surface area contributed by atoms with Crippen molar-refractivity contribution < 1.29 is 4.79 Å². The molecule has 0 saturated heterocycles. The molecule has 0 bridgehead atoms. The monoisotopic (exact) mass is 345 g/mol. The zero-order valence-electron chi connectivity index (χ0n) is 10.8. The van der Waals surface area contributed by atoms with Gasteiger partial charge in [0, 0.05) is 16.8 Å². The van der Waals surface area contributed by atoms with Crippen LogP contribution in [0.4, 0.5) is 0 Å². The molecule has 0 atom stereocenters. The molecule has 0 aliphatic carbocycles. The van der Waals surface area contributed by atoms with Gasteiger partial charge in [0.15, 0.2) is 0 Å². The minimum atomic E-state index is 0.0550. The predicted molar refractivity (Wildman–Crippen MR) is 88.0 cm³/mol. The standard InChI is InChI=1S/C14H13Cl2NOS2/c1-17(8-10-4-3-7-19-10)13(18)9-20-14-11(15)5-2-6-12(14)16/h2-7H,8-9H2,1H3. The smallest absolute Gasteiger partial charge is 0.233 e. The van der Waals surface area contributed by atoms with Crippen molar-refractivity contribution in [1.82, 2.24) is 4.90 Å². The van der Waals surface area contributed by atoms with E-state index in [0.29, 0.717) is 22.3 Å². The van der Waals surface area contributed by atoms with Crippen LogP contribution in [-0.4, -0.2) is 23.6 Å². The number of carbonyl (C=O) groups is 1. The molecule has 0 fully saturated rings. The number of nitrogens with zero attached hydrogens (tertiary/aromatic N) is 1. The summed E-state index contributed by atoms with van der Waals surface area (Å²) in [7, 11) is 1.80. The lowest BCUT2D eigenvalue weighted by molar-refractivity contribution is -0.127. The number of rotatable bonds is 5. The van der Waals surface area contributed by atoms with E-state index in [2.05, 4.69) is 0 Å². The van der Waals surface area contributed by atoms with E-state index in [0.717, 1.165) is 4.90 Å². The second kappa shape index (κ2) is 7.36. The van der Waals surface area contributed by atoms with E-state index < -0.39 is 0 Å². The Kier molecular flexibility index (Phi) is 5.78. The Labute approximate surface area is 136 Å². The molecule has 1 heterocycles. The zero-order chi connectivity index (χ0) is 14.5. The summed E-state index contributed by atoms with van der Waals surface area (Å²) in [6, 6.07) is 9.34. The number of thiophene rings is 1. The maximum absolute atomic E-state index is 12.1. The topological polar surface area (TPSA) is 20.3 Å². The Balaban J connectivity index is 1.91. The number of benzene rings is 1. The van der Waals surface area contributed by atoms with Crippen molar-refractivity contribution in [3.8, 4) is 0 Å². The molecule has 0 radical (unpaired) electrons. The molecule has 106 valence electrons. The highest BCUT2D eigenvalue weighted by molar-refractivity contribution is 8.00. The van der Waals surface area contributed by atoms with Gasteiger partial charge in [-0.05, 0) is 23.6 Å². The van der Waals surface area contributed by atoms with Crippen LogP contribution in [0.1, 0.15) is 4.88 Å². The van der Waals surface area contributed by atoms with Gasteiger partial charge >= 0.3 is 0 Å². The van der Waals surface area contributed by atoms with Crippen LogP contribution in [0.5, 0.6) is 0 Å². The highest BCUT2D eigenvalue weighted by atomic mass is 35.5. The number of amides is 1. The number of hydrogen-bond donors (Lipinski definition) is 0. The Hall–Kier alpha value is -0.680. The van der Waals surface area contributed by atoms with Crippen LogP contribution >= 0.6 is 46.3 Å². The minimum Gasteiger partial charge on any atom is -0.340 e. The van der Waals surface area contributed by atoms with Crippen molar-refractivity contribution in [1.29, 1.82) is 0 Å². The van der Waals surface area contributed by atoms with Crippen molar-refractivity contribution >= 4 is 52.2 Å². The van der Waals surface area contributed by atoms with E-state index in [-0.39, 0.29) is 5.91 Å². The van der Waals surface area contributed by atoms with Gasteiger partial charge in [0.05, 0.1) is 22.3 Å². The van der Waals surface area contributed by atoms with Gasteiger partial charge in [-0.3, -0.25) is 4.79 Å². The Morgan fingerprint density at radius 1 is 1.25 bits per heavy atom. The van der Waals surface area contributed by atoms with Gasteiger partial charge in [-0.15, -0.1) is 23.1 Å². The van der Waals surface area contributed by atoms with Crippen LogP contribution in [0.15, 0.2) is 40.6 Å². The second-order valence-electron chi connectivity index (χ2n) is 4.17. The molecule has 2 rings (SSSR count). The van der Waals surface area contributed by atoms with Crippen LogP contribution in [0.25, 0.3) is 0 Å². The predicted octanol–water partition coefficient (Wildman–Crippen LogP) is 4.81. The van der Waals surface area contributed by atoms with Gasteiger partial charge in [-0.25, -0.2) is 0 Å². The summed E-state index contributed by atoms with van der Waals surface area (Å²) in [6.07, 6.45) is 0. The third-order valence-corrected chi connectivity index (χ3v) is 5.49. The van der Waals surface area contributed by atoms with Crippen LogP contribution in [-0.2, 0) is 11.3 Å². The number of hydrogen-bond acceptors (Lipinski definition) is 3. The third-order valence-electron chi connectivity index (χ3n) is 2.66. The summed E-state index contributed by atoms with van der Waals surface area (Å²) in [5.41, 5.74) is 0. The molecular formula is C14H13Cl2NOS2. The zero-order valence-corrected chi connectivity index (χ0v) is 14.0. The van der Waals surface area contributed by atoms with Crippen LogP contribution in [0, 0.1) is 0 Å². The molecular weight excluding hydrogens is 333 g/mol. The molecule has 20 heavy (non-hydrogen) atoms. The van der Waals surface area contributed by atoms with Gasteiger partial charge in [0.1, 0.15) is 0 Å². The van der Waals surface area contributed by atoms with E-state index in [9.17, 15) is 4.79 Å². The molecule has 0 aliphatic rings. The molecule has 0 spiro atoms. The molecule has 0 saturated carbocycles. The second-order valence-corrected chi connectivity index (χ2v) is 7.00. The molecule has 6 heteroatoms. The molecule has 1 aromatic heterocycles. The molecule has 1 amide bonds. The highest BCUT2D eigenvalue weighted by Crippen LogP contribution is 2.33. The van der Waals surface area contributed by atoms with Gasteiger partial charge in [0.2, 0.25) is 5.91 Å². The first-order chi connectivity index (χ1) is 9.58. The van der Waals surface area contributed by atoms with Crippen molar-refractivity contribution in [2.45, 2.75) is 11.4 Å². The number of thioether (sulfide) groups is 1. The first kappa shape index (κ1) is 15.7. The first-order valence-electron chi connectivity index (χ1n) is 5.91. The molecule has 2 nitrogen and oxygen atoms in total. The van der Waals surface area contributed by atoms with Gasteiger partial charge in [0.25, 0.3) is 0 Å². The molecule has 0 aliphatic heterocycles. The molecule has 0 unspecified atom stereocenters. The van der Waals surface area contributed by atoms with Gasteiger partial charge in [-0.1, -0.05) is 35.3 Å². The van der Waals surface area contributed by atoms with Crippen LogP contribution < -0.4 is 0 Å². The Morgan fingerprint density at radius 2 is 1.95 bits per heavy atom. The number of halogens is 2. The summed E-state index contributed by atoms with van der Waals surface area (Å²) in [4.78, 5) is 15.7. The summed E-state index contributed by atoms with van der Waals surface area (Å²) in [5.74, 6) is 0.380. The third kappa shape index (κ3) is 4.16. The normalized spacial score (nSPS) is 10.6. The fourth-order valence-electron chi connectivity index (χ4n) is 1.59. The average Bonchev–Trinajstić information content (AvgIpc) is 2.90. The van der Waals surface area contributed by atoms with E-state index in [1.807, 2.05) is 17.5 Å². The van der Waals surface area contributed by atoms with E-state index in [4.69, 9.17) is 23.2 Å². The van der Waals surface area contributed by atoms with Gasteiger partial charge < -0.3 is 4.90 Å². The lowest BCUT2D eigenvalue weighted by atomic mass is 10.4. The summed E-state index contributed by atoms with van der Waals surface area (Å²) >= 11 is 15.2. The van der Waals surface area contributed by atoms with Crippen molar-refractivity contribution in [3.05, 3.63) is 50.6 Å². The van der Waals surface area contributed by atoms with Crippen molar-refractivity contribution in [2.24, 2.45) is 0 Å². The molecule has 0 N–H and O–H groups in total. The van der Waals surface area contributed by atoms with Gasteiger partial charge in [-0.2, -0.15) is 0 Å². The maximum atomic E-state index is 12.1. The van der Waals surface area contributed by atoms with E-state index in [1.54, 1.807) is 41.5 Å². The lowest BCUT2D eigenvalue weighted by Crippen LogP contribution is -2.27. The fraction of sp³-hybridized carbons (Fsp3) is 0.214. The average molecular weight is 346 g/mol. The largest absolute Gasteiger partial charge is 0.340 e. The lowest BCUT2D eigenvalue weighted by Gasteiger charge is -2.16. The van der Waals surface area contributed by atoms with Crippen molar-refractivity contribution in [3.63, 3.8) is 0 Å². The maximum Gasteiger partial charge on any atom is 0.233 e. The Morgan fingerprint density at radius 3 is 2.55 bits per heavy atom. The van der Waals surface area contributed by atoms with Crippen LogP contribution in [0.3, 0.4) is 0 Å². The molecule has 1 aromatic carbocycles. The SMILES string of the molecule is CN(Cc1cccs1)C(=O)CSc1c(Cl)cccc1Cl. The van der Waals surface area contributed by atoms with E-state index >= 15 is 0 Å². The highest BCUT2D eigenvalue weighted by Gasteiger charge is 2.13.